The van der Waals surface area contributed by atoms with E-state index < -0.39 is 17.5 Å². The summed E-state index contributed by atoms with van der Waals surface area (Å²) in [6.07, 6.45) is 4.58. The summed E-state index contributed by atoms with van der Waals surface area (Å²) < 4.78 is 12.0. The first kappa shape index (κ1) is 18.2. The number of rotatable bonds is 1. The van der Waals surface area contributed by atoms with Gasteiger partial charge in [-0.2, -0.15) is 0 Å². The number of nitrogens with zero attached hydrogens (tertiary/aromatic N) is 1. The number of hydrogen-bond acceptors (Lipinski definition) is 5. The van der Waals surface area contributed by atoms with Gasteiger partial charge >= 0.3 is 12.1 Å². The molecule has 2 aliphatic carbocycles. The largest absolute Gasteiger partial charge is 0.347 e. The zero-order valence-electron chi connectivity index (χ0n) is 16.2. The highest BCUT2D eigenvalue weighted by molar-refractivity contribution is 5.85. The monoisotopic (exact) mass is 392 g/mol. The van der Waals surface area contributed by atoms with E-state index in [1.54, 1.807) is 0 Å². The normalized spacial score (nSPS) is 42.3. The molecular weight excluding hydrogens is 364 g/mol. The maximum Gasteiger partial charge on any atom is 0.319 e. The fourth-order valence-electron chi connectivity index (χ4n) is 5.77. The first-order valence-electron chi connectivity index (χ1n) is 10.3. The SMILES string of the molecule is C[C@@H]1COC2(CCC3(CC2)CNC(=O)N3C2NC(=O)NC23CCC(=O)CC3)O1. The maximum atomic E-state index is 12.9. The summed E-state index contributed by atoms with van der Waals surface area (Å²) in [6, 6.07) is -0.416. The molecule has 5 fully saturated rings. The van der Waals surface area contributed by atoms with Crippen molar-refractivity contribution in [3.63, 3.8) is 0 Å². The summed E-state index contributed by atoms with van der Waals surface area (Å²) in [7, 11) is 0. The van der Waals surface area contributed by atoms with E-state index in [1.165, 1.54) is 0 Å². The van der Waals surface area contributed by atoms with Crippen LogP contribution in [-0.2, 0) is 14.3 Å². The minimum atomic E-state index is -0.580. The number of hydrogen-bond donors (Lipinski definition) is 3. The van der Waals surface area contributed by atoms with E-state index in [2.05, 4.69) is 16.0 Å². The van der Waals surface area contributed by atoms with Crippen LogP contribution in [0.15, 0.2) is 0 Å². The molecular formula is C19H28N4O5. The van der Waals surface area contributed by atoms with E-state index in [9.17, 15) is 14.4 Å². The van der Waals surface area contributed by atoms with Crippen LogP contribution >= 0.6 is 0 Å². The van der Waals surface area contributed by atoms with Gasteiger partial charge in [0.05, 0.1) is 23.8 Å². The Morgan fingerprint density at radius 3 is 2.39 bits per heavy atom. The predicted octanol–water partition coefficient (Wildman–Crippen LogP) is 0.977. The van der Waals surface area contributed by atoms with Crippen molar-refractivity contribution in [2.45, 2.75) is 87.4 Å². The molecule has 3 spiro atoms. The number of amides is 4. The molecule has 9 nitrogen and oxygen atoms in total. The Morgan fingerprint density at radius 2 is 1.75 bits per heavy atom. The van der Waals surface area contributed by atoms with Crippen LogP contribution in [-0.4, -0.2) is 65.0 Å². The average molecular weight is 392 g/mol. The van der Waals surface area contributed by atoms with Gasteiger partial charge in [0, 0.05) is 32.2 Å². The van der Waals surface area contributed by atoms with Crippen LogP contribution in [0.25, 0.3) is 0 Å². The number of urea groups is 2. The maximum absolute atomic E-state index is 12.9. The second-order valence-corrected chi connectivity index (χ2v) is 9.10. The summed E-state index contributed by atoms with van der Waals surface area (Å²) in [6.45, 7) is 3.17. The van der Waals surface area contributed by atoms with Gasteiger partial charge in [-0.05, 0) is 32.6 Å². The molecule has 3 saturated heterocycles. The van der Waals surface area contributed by atoms with Crippen LogP contribution in [0.2, 0.25) is 0 Å². The molecule has 0 aromatic heterocycles. The predicted molar refractivity (Wildman–Crippen MR) is 97.3 cm³/mol. The van der Waals surface area contributed by atoms with E-state index in [4.69, 9.17) is 9.47 Å². The molecule has 0 aromatic rings. The Kier molecular flexibility index (Phi) is 3.94. The second kappa shape index (κ2) is 6.06. The molecule has 3 aliphatic heterocycles. The van der Waals surface area contributed by atoms with Crippen LogP contribution in [0.5, 0.6) is 0 Å². The van der Waals surface area contributed by atoms with Gasteiger partial charge in [-0.25, -0.2) is 9.59 Å². The molecule has 4 amide bonds. The lowest BCUT2D eigenvalue weighted by atomic mass is 9.74. The van der Waals surface area contributed by atoms with Gasteiger partial charge in [-0.3, -0.25) is 9.69 Å². The Morgan fingerprint density at radius 1 is 1.04 bits per heavy atom. The number of ketones is 1. The van der Waals surface area contributed by atoms with Crippen molar-refractivity contribution >= 4 is 17.8 Å². The fourth-order valence-corrected chi connectivity index (χ4v) is 5.77. The molecule has 154 valence electrons. The van der Waals surface area contributed by atoms with Crippen LogP contribution in [0.3, 0.4) is 0 Å². The number of carbonyl (C=O) groups excluding carboxylic acids is 3. The molecule has 28 heavy (non-hydrogen) atoms. The lowest BCUT2D eigenvalue weighted by molar-refractivity contribution is -0.199. The van der Waals surface area contributed by atoms with Crippen molar-refractivity contribution in [2.24, 2.45) is 0 Å². The summed E-state index contributed by atoms with van der Waals surface area (Å²) >= 11 is 0. The number of ether oxygens (including phenoxy) is 2. The minimum Gasteiger partial charge on any atom is -0.347 e. The summed E-state index contributed by atoms with van der Waals surface area (Å²) in [5, 5.41) is 9.02. The molecule has 5 aliphatic rings. The molecule has 0 aromatic carbocycles. The Hall–Kier alpha value is -1.87. The topological polar surface area (TPSA) is 109 Å². The summed E-state index contributed by atoms with van der Waals surface area (Å²) in [5.41, 5.74) is -0.955. The second-order valence-electron chi connectivity index (χ2n) is 9.10. The highest BCUT2D eigenvalue weighted by Gasteiger charge is 2.61. The first-order chi connectivity index (χ1) is 13.4. The highest BCUT2D eigenvalue weighted by Crippen LogP contribution is 2.47. The third kappa shape index (κ3) is 2.62. The smallest absolute Gasteiger partial charge is 0.319 e. The van der Waals surface area contributed by atoms with Gasteiger partial charge in [-0.1, -0.05) is 0 Å². The first-order valence-corrected chi connectivity index (χ1v) is 10.3. The number of nitrogens with one attached hydrogen (secondary N) is 3. The summed E-state index contributed by atoms with van der Waals surface area (Å²) in [5.74, 6) is -0.316. The van der Waals surface area contributed by atoms with Crippen molar-refractivity contribution in [1.29, 1.82) is 0 Å². The van der Waals surface area contributed by atoms with E-state index >= 15 is 0 Å². The number of Topliss-reactive ketones (excluding diaryl/α,β-unsaturated/α-hetero) is 1. The Bertz CT molecular complexity index is 707. The third-order valence-electron chi connectivity index (χ3n) is 7.35. The third-order valence-corrected chi connectivity index (χ3v) is 7.35. The van der Waals surface area contributed by atoms with Crippen LogP contribution < -0.4 is 16.0 Å². The van der Waals surface area contributed by atoms with E-state index in [1.807, 2.05) is 11.8 Å². The minimum absolute atomic E-state index is 0.0925. The van der Waals surface area contributed by atoms with Gasteiger partial charge in [0.2, 0.25) is 0 Å². The van der Waals surface area contributed by atoms with Gasteiger partial charge in [-0.15, -0.1) is 0 Å². The van der Waals surface area contributed by atoms with Crippen molar-refractivity contribution < 1.29 is 23.9 Å². The molecule has 5 rings (SSSR count). The van der Waals surface area contributed by atoms with Gasteiger partial charge in [0.25, 0.3) is 0 Å². The van der Waals surface area contributed by atoms with Crippen LogP contribution in [0.4, 0.5) is 9.59 Å². The molecule has 9 heteroatoms. The van der Waals surface area contributed by atoms with Gasteiger partial charge in [0.1, 0.15) is 11.9 Å². The zero-order valence-corrected chi connectivity index (χ0v) is 16.2. The molecule has 2 saturated carbocycles. The number of carbonyl (C=O) groups is 3. The zero-order chi connectivity index (χ0) is 19.6. The van der Waals surface area contributed by atoms with Gasteiger partial charge in [0.15, 0.2) is 5.79 Å². The highest BCUT2D eigenvalue weighted by atomic mass is 16.7. The van der Waals surface area contributed by atoms with Crippen molar-refractivity contribution in [3.05, 3.63) is 0 Å². The Labute approximate surface area is 163 Å². The summed E-state index contributed by atoms with van der Waals surface area (Å²) in [4.78, 5) is 38.8. The van der Waals surface area contributed by atoms with Gasteiger partial charge < -0.3 is 25.4 Å². The Balaban J connectivity index is 1.41. The van der Waals surface area contributed by atoms with Crippen LogP contribution in [0.1, 0.15) is 58.3 Å². The van der Waals surface area contributed by atoms with E-state index in [0.717, 1.165) is 25.7 Å². The molecule has 2 atom stereocenters. The van der Waals surface area contributed by atoms with E-state index in [0.29, 0.717) is 38.8 Å². The standard InChI is InChI=1S/C19H28N4O5/c1-12-10-27-19(28-12)8-6-17(7-9-19)11-20-16(26)23(17)14-18(22-15(25)21-14)4-2-13(24)3-5-18/h12,14H,2-11H2,1H3,(H,20,26)(H2,21,22,25)/t12-,14?,17?,19?/m1/s1. The quantitative estimate of drug-likeness (QED) is 0.616. The van der Waals surface area contributed by atoms with Crippen molar-refractivity contribution in [1.82, 2.24) is 20.9 Å². The molecule has 0 radical (unpaired) electrons. The molecule has 3 heterocycles. The molecule has 3 N–H and O–H groups in total. The lowest BCUT2D eigenvalue weighted by Gasteiger charge is -2.50. The van der Waals surface area contributed by atoms with Crippen LogP contribution in [0, 0.1) is 0 Å². The van der Waals surface area contributed by atoms with Crippen molar-refractivity contribution in [3.8, 4) is 0 Å². The lowest BCUT2D eigenvalue weighted by Crippen LogP contribution is -2.66. The average Bonchev–Trinajstić information content (AvgIpc) is 3.29. The van der Waals surface area contributed by atoms with E-state index in [-0.39, 0.29) is 29.5 Å². The van der Waals surface area contributed by atoms with Crippen molar-refractivity contribution in [2.75, 3.05) is 13.2 Å². The fraction of sp³-hybridized carbons (Fsp3) is 0.842. The molecule has 1 unspecified atom stereocenters. The molecule has 0 bridgehead atoms.